The van der Waals surface area contributed by atoms with Crippen LogP contribution in [-0.4, -0.2) is 44.7 Å². The number of benzene rings is 3. The van der Waals surface area contributed by atoms with Crippen molar-refractivity contribution in [2.75, 3.05) is 20.3 Å². The Bertz CT molecular complexity index is 2160. The smallest absolute Gasteiger partial charge is 0.291 e. The average molecular weight is 662 g/mol. The molecule has 10 heteroatoms. The Morgan fingerprint density at radius 1 is 0.938 bits per heavy atom. The Hall–Kier alpha value is -5.22. The van der Waals surface area contributed by atoms with Crippen LogP contribution in [0.25, 0.3) is 40.1 Å². The minimum absolute atomic E-state index is 0.232. The zero-order valence-electron chi connectivity index (χ0n) is 27.8. The van der Waals surface area contributed by atoms with Gasteiger partial charge in [-0.15, -0.1) is 5.10 Å². The van der Waals surface area contributed by atoms with Crippen molar-refractivity contribution in [3.8, 4) is 34.2 Å². The summed E-state index contributed by atoms with van der Waals surface area (Å²) in [5.41, 5.74) is 5.12. The molecule has 3 heterocycles. The Labute approximate surface area is 283 Å². The number of aromatic nitrogens is 5. The number of fused-ring (bicyclic) bond motifs is 1. The molecule has 0 aliphatic rings. The number of thiazole rings is 1. The Kier molecular flexibility index (Phi) is 10.0. The molecule has 0 amide bonds. The van der Waals surface area contributed by atoms with E-state index in [9.17, 15) is 4.79 Å². The Balaban J connectivity index is 1.31. The van der Waals surface area contributed by atoms with E-state index in [0.29, 0.717) is 45.9 Å². The minimum atomic E-state index is -0.232. The van der Waals surface area contributed by atoms with Crippen molar-refractivity contribution >= 4 is 34.5 Å². The summed E-state index contributed by atoms with van der Waals surface area (Å²) in [5, 5.41) is 9.44. The molecule has 246 valence electrons. The molecule has 9 nitrogen and oxygen atoms in total. The molecule has 0 radical (unpaired) electrons. The lowest BCUT2D eigenvalue weighted by Crippen LogP contribution is -2.23. The topological polar surface area (TPSA) is 92.8 Å². The van der Waals surface area contributed by atoms with E-state index in [1.54, 1.807) is 13.2 Å². The standard InChI is InChI=1S/C38H39N5O4S/c1-6-7-19-46-32-16-13-27(21-33(32)45-5)14-18-35-39-38-43(40-35)37(44)34(48-38)22-29-23-42(30-11-9-8-10-12-30)41-36(29)28-15-17-31(26(4)20-28)47-24-25(2)3/h8-18,20-23,25H,6-7,19,24H2,1-5H3/b18-14+,34-22-. The van der Waals surface area contributed by atoms with Gasteiger partial charge in [0.2, 0.25) is 4.96 Å². The molecule has 3 aromatic carbocycles. The first-order valence-corrected chi connectivity index (χ1v) is 16.9. The second-order valence-electron chi connectivity index (χ2n) is 11.9. The predicted octanol–water partition coefficient (Wildman–Crippen LogP) is 7.25. The van der Waals surface area contributed by atoms with E-state index >= 15 is 0 Å². The van der Waals surface area contributed by atoms with Gasteiger partial charge in [-0.25, -0.2) is 4.68 Å². The van der Waals surface area contributed by atoms with Crippen LogP contribution >= 0.6 is 11.3 Å². The zero-order chi connectivity index (χ0) is 33.6. The van der Waals surface area contributed by atoms with Crippen molar-refractivity contribution in [1.29, 1.82) is 0 Å². The van der Waals surface area contributed by atoms with Crippen LogP contribution in [0.2, 0.25) is 0 Å². The monoisotopic (exact) mass is 661 g/mol. The van der Waals surface area contributed by atoms with Crippen LogP contribution < -0.4 is 24.3 Å². The van der Waals surface area contributed by atoms with E-state index in [1.807, 2.05) is 90.6 Å². The molecule has 0 bridgehead atoms. The molecule has 0 saturated carbocycles. The van der Waals surface area contributed by atoms with Crippen molar-refractivity contribution in [3.63, 3.8) is 0 Å². The number of hydrogen-bond donors (Lipinski definition) is 0. The molecule has 0 atom stereocenters. The molecule has 0 spiro atoms. The molecule has 0 fully saturated rings. The Morgan fingerprint density at radius 3 is 2.48 bits per heavy atom. The van der Waals surface area contributed by atoms with Crippen LogP contribution in [0.5, 0.6) is 17.2 Å². The molecule has 48 heavy (non-hydrogen) atoms. The fraction of sp³-hybridized carbons (Fsp3) is 0.263. The van der Waals surface area contributed by atoms with E-state index in [4.69, 9.17) is 19.3 Å². The van der Waals surface area contributed by atoms with Gasteiger partial charge in [-0.2, -0.15) is 14.6 Å². The van der Waals surface area contributed by atoms with Gasteiger partial charge in [0.25, 0.3) is 5.56 Å². The number of para-hydroxylation sites is 1. The zero-order valence-corrected chi connectivity index (χ0v) is 28.7. The maximum absolute atomic E-state index is 13.5. The van der Waals surface area contributed by atoms with Crippen molar-refractivity contribution in [2.24, 2.45) is 5.92 Å². The van der Waals surface area contributed by atoms with E-state index in [-0.39, 0.29) is 5.56 Å². The van der Waals surface area contributed by atoms with E-state index in [2.05, 4.69) is 36.9 Å². The second-order valence-corrected chi connectivity index (χ2v) is 12.9. The molecule has 3 aromatic heterocycles. The van der Waals surface area contributed by atoms with Gasteiger partial charge >= 0.3 is 0 Å². The SMILES string of the molecule is CCCCOc1ccc(/C=C/c2nc3s/c(=C\c4cn(-c5ccccc5)nc4-c4ccc(OCC(C)C)c(C)c4)c(=O)n3n2)cc1OC. The van der Waals surface area contributed by atoms with Crippen molar-refractivity contribution in [1.82, 2.24) is 24.4 Å². The fourth-order valence-corrected chi connectivity index (χ4v) is 6.02. The van der Waals surface area contributed by atoms with Crippen LogP contribution in [0, 0.1) is 12.8 Å². The van der Waals surface area contributed by atoms with Gasteiger partial charge < -0.3 is 14.2 Å². The summed E-state index contributed by atoms with van der Waals surface area (Å²) in [6.07, 6.45) is 9.53. The third kappa shape index (κ3) is 7.34. The van der Waals surface area contributed by atoms with Crippen LogP contribution in [0.15, 0.2) is 77.7 Å². The summed E-state index contributed by atoms with van der Waals surface area (Å²) in [7, 11) is 1.63. The van der Waals surface area contributed by atoms with Crippen LogP contribution in [0.3, 0.4) is 0 Å². The van der Waals surface area contributed by atoms with Gasteiger partial charge in [0.15, 0.2) is 17.3 Å². The maximum atomic E-state index is 13.5. The third-order valence-corrected chi connectivity index (χ3v) is 8.60. The normalized spacial score (nSPS) is 12.1. The molecule has 0 aliphatic carbocycles. The van der Waals surface area contributed by atoms with Crippen LogP contribution in [0.1, 0.15) is 56.1 Å². The molecule has 0 aliphatic heterocycles. The minimum Gasteiger partial charge on any atom is -0.493 e. The van der Waals surface area contributed by atoms with Crippen LogP contribution in [-0.2, 0) is 0 Å². The Morgan fingerprint density at radius 2 is 1.75 bits per heavy atom. The highest BCUT2D eigenvalue weighted by Gasteiger charge is 2.15. The third-order valence-electron chi connectivity index (χ3n) is 7.64. The number of rotatable bonds is 13. The highest BCUT2D eigenvalue weighted by Crippen LogP contribution is 2.30. The average Bonchev–Trinajstić information content (AvgIpc) is 3.78. The van der Waals surface area contributed by atoms with E-state index < -0.39 is 0 Å². The summed E-state index contributed by atoms with van der Waals surface area (Å²) in [6, 6.07) is 21.7. The first kappa shape index (κ1) is 32.7. The number of nitrogens with zero attached hydrogens (tertiary/aromatic N) is 5. The van der Waals surface area contributed by atoms with Crippen molar-refractivity contribution in [3.05, 3.63) is 110 Å². The van der Waals surface area contributed by atoms with Gasteiger partial charge in [-0.1, -0.05) is 68.9 Å². The second kappa shape index (κ2) is 14.7. The lowest BCUT2D eigenvalue weighted by molar-refractivity contribution is 0.269. The highest BCUT2D eigenvalue weighted by atomic mass is 32.1. The van der Waals surface area contributed by atoms with E-state index in [0.717, 1.165) is 52.2 Å². The van der Waals surface area contributed by atoms with Gasteiger partial charge in [0.1, 0.15) is 11.4 Å². The van der Waals surface area contributed by atoms with Gasteiger partial charge in [-0.05, 0) is 85.0 Å². The van der Waals surface area contributed by atoms with Crippen LogP contribution in [0.4, 0.5) is 0 Å². The highest BCUT2D eigenvalue weighted by molar-refractivity contribution is 7.15. The lowest BCUT2D eigenvalue weighted by atomic mass is 10.0. The van der Waals surface area contributed by atoms with Gasteiger partial charge in [0, 0.05) is 17.3 Å². The van der Waals surface area contributed by atoms with Gasteiger partial charge in [-0.3, -0.25) is 4.79 Å². The summed E-state index contributed by atoms with van der Waals surface area (Å²) in [4.78, 5) is 18.7. The first-order valence-electron chi connectivity index (χ1n) is 16.1. The van der Waals surface area contributed by atoms with Gasteiger partial charge in [0.05, 0.1) is 30.5 Å². The summed E-state index contributed by atoms with van der Waals surface area (Å²) < 4.78 is 21.1. The molecule has 0 saturated heterocycles. The number of unbranched alkanes of at least 4 members (excludes halogenated alkanes) is 1. The molecule has 6 rings (SSSR count). The largest absolute Gasteiger partial charge is 0.493 e. The van der Waals surface area contributed by atoms with E-state index in [1.165, 1.54) is 15.9 Å². The first-order chi connectivity index (χ1) is 23.3. The number of ether oxygens (including phenoxy) is 3. The lowest BCUT2D eigenvalue weighted by Gasteiger charge is -2.12. The van der Waals surface area contributed by atoms with Crippen molar-refractivity contribution < 1.29 is 14.2 Å². The molecular weight excluding hydrogens is 623 g/mol. The predicted molar refractivity (Wildman–Crippen MR) is 192 cm³/mol. The fourth-order valence-electron chi connectivity index (χ4n) is 5.11. The molecule has 0 unspecified atom stereocenters. The number of hydrogen-bond acceptors (Lipinski definition) is 8. The summed E-state index contributed by atoms with van der Waals surface area (Å²) >= 11 is 1.30. The van der Waals surface area contributed by atoms with Crippen molar-refractivity contribution in [2.45, 2.75) is 40.5 Å². The maximum Gasteiger partial charge on any atom is 0.291 e. The molecule has 0 N–H and O–H groups in total. The number of aryl methyl sites for hydroxylation is 1. The molecular formula is C38H39N5O4S. The number of methoxy groups -OCH3 is 1. The summed E-state index contributed by atoms with van der Waals surface area (Å²) in [5.74, 6) is 3.10. The summed E-state index contributed by atoms with van der Waals surface area (Å²) in [6.45, 7) is 9.71. The molecule has 6 aromatic rings. The quantitative estimate of drug-likeness (QED) is 0.120.